The van der Waals surface area contributed by atoms with Crippen molar-refractivity contribution < 1.29 is 4.79 Å². The summed E-state index contributed by atoms with van der Waals surface area (Å²) in [5, 5.41) is 4.03. The molecule has 1 rings (SSSR count). The van der Waals surface area contributed by atoms with Crippen LogP contribution in [-0.4, -0.2) is 22.9 Å². The van der Waals surface area contributed by atoms with Gasteiger partial charge in [0.15, 0.2) is 0 Å². The zero-order chi connectivity index (χ0) is 12.1. The third-order valence-electron chi connectivity index (χ3n) is 2.33. The molecule has 0 aliphatic rings. The van der Waals surface area contributed by atoms with E-state index in [0.717, 1.165) is 5.56 Å². The quantitative estimate of drug-likeness (QED) is 0.735. The molecule has 0 spiro atoms. The first-order chi connectivity index (χ1) is 7.52. The molecule has 1 amide bonds. The van der Waals surface area contributed by atoms with Crippen molar-refractivity contribution in [3.8, 4) is 0 Å². The molecule has 1 heterocycles. The Morgan fingerprint density at radius 3 is 2.38 bits per heavy atom. The highest BCUT2D eigenvalue weighted by Gasteiger charge is 2.17. The predicted octanol–water partition coefficient (Wildman–Crippen LogP) is 3.41. The second-order valence-electron chi connectivity index (χ2n) is 4.32. The van der Waals surface area contributed by atoms with E-state index in [4.69, 9.17) is 0 Å². The van der Waals surface area contributed by atoms with Crippen molar-refractivity contribution in [2.24, 2.45) is 0 Å². The lowest BCUT2D eigenvalue weighted by Gasteiger charge is -2.29. The summed E-state index contributed by atoms with van der Waals surface area (Å²) in [6.07, 6.45) is 3.53. The Hall–Kier alpha value is -1.09. The number of hydrogen-bond donors (Lipinski definition) is 0. The summed E-state index contributed by atoms with van der Waals surface area (Å²) < 4.78 is 0. The van der Waals surface area contributed by atoms with Gasteiger partial charge in [0.05, 0.1) is 0 Å². The Morgan fingerprint density at radius 1 is 1.31 bits per heavy atom. The van der Waals surface area contributed by atoms with Gasteiger partial charge in [-0.1, -0.05) is 0 Å². The van der Waals surface area contributed by atoms with Crippen LogP contribution in [0.1, 0.15) is 33.3 Å². The van der Waals surface area contributed by atoms with Gasteiger partial charge >= 0.3 is 0 Å². The van der Waals surface area contributed by atoms with Crippen LogP contribution in [0.15, 0.2) is 22.9 Å². The predicted molar refractivity (Wildman–Crippen MR) is 70.5 cm³/mol. The highest BCUT2D eigenvalue weighted by molar-refractivity contribution is 7.08. The highest BCUT2D eigenvalue weighted by Crippen LogP contribution is 2.10. The van der Waals surface area contributed by atoms with Crippen LogP contribution < -0.4 is 0 Å². The zero-order valence-corrected chi connectivity index (χ0v) is 11.1. The van der Waals surface area contributed by atoms with Crippen molar-refractivity contribution >= 4 is 23.3 Å². The Labute approximate surface area is 102 Å². The Morgan fingerprint density at radius 2 is 1.94 bits per heavy atom. The lowest BCUT2D eigenvalue weighted by Crippen LogP contribution is -2.41. The van der Waals surface area contributed by atoms with Crippen molar-refractivity contribution in [1.82, 2.24) is 4.90 Å². The summed E-state index contributed by atoms with van der Waals surface area (Å²) in [7, 11) is 0. The van der Waals surface area contributed by atoms with E-state index in [2.05, 4.69) is 0 Å². The van der Waals surface area contributed by atoms with Gasteiger partial charge in [0.1, 0.15) is 0 Å². The van der Waals surface area contributed by atoms with Crippen molar-refractivity contribution in [3.05, 3.63) is 28.5 Å². The van der Waals surface area contributed by atoms with Crippen LogP contribution >= 0.6 is 11.3 Å². The number of hydrogen-bond acceptors (Lipinski definition) is 2. The molecular formula is C13H19NOS. The highest BCUT2D eigenvalue weighted by atomic mass is 32.1. The third kappa shape index (κ3) is 3.49. The molecule has 1 aromatic rings. The standard InChI is InChI=1S/C13H19NOS/c1-10(2)14(11(3)4)13(15)6-5-12-7-8-16-9-12/h5-11H,1-4H3/b6-5+. The number of rotatable bonds is 4. The molecule has 0 aliphatic carbocycles. The van der Waals surface area contributed by atoms with Crippen LogP contribution in [-0.2, 0) is 4.79 Å². The van der Waals surface area contributed by atoms with Gasteiger partial charge in [0.25, 0.3) is 0 Å². The summed E-state index contributed by atoms with van der Waals surface area (Å²) in [6, 6.07) is 2.48. The van der Waals surface area contributed by atoms with E-state index in [1.54, 1.807) is 17.4 Å². The molecule has 0 aromatic carbocycles. The van der Waals surface area contributed by atoms with Gasteiger partial charge in [-0.2, -0.15) is 11.3 Å². The monoisotopic (exact) mass is 237 g/mol. The average Bonchev–Trinajstić information content (AvgIpc) is 2.65. The number of thiophene rings is 1. The minimum Gasteiger partial charge on any atom is -0.334 e. The second kappa shape index (κ2) is 5.85. The summed E-state index contributed by atoms with van der Waals surface area (Å²) in [4.78, 5) is 13.8. The van der Waals surface area contributed by atoms with E-state index in [1.165, 1.54) is 0 Å². The molecule has 0 aliphatic heterocycles. The maximum atomic E-state index is 12.0. The number of carbonyl (C=O) groups is 1. The molecule has 0 bridgehead atoms. The van der Waals surface area contributed by atoms with Crippen LogP contribution in [0.25, 0.3) is 6.08 Å². The van der Waals surface area contributed by atoms with Crippen molar-refractivity contribution in [3.63, 3.8) is 0 Å². The van der Waals surface area contributed by atoms with E-state index in [0.29, 0.717) is 0 Å². The van der Waals surface area contributed by atoms with Gasteiger partial charge in [-0.05, 0) is 56.2 Å². The molecule has 88 valence electrons. The molecule has 1 aromatic heterocycles. The molecule has 0 saturated heterocycles. The summed E-state index contributed by atoms with van der Waals surface area (Å²) in [6.45, 7) is 8.15. The molecule has 0 atom stereocenters. The van der Waals surface area contributed by atoms with Crippen LogP contribution in [0.4, 0.5) is 0 Å². The van der Waals surface area contributed by atoms with E-state index in [9.17, 15) is 4.79 Å². The Kier molecular flexibility index (Phi) is 4.74. The van der Waals surface area contributed by atoms with E-state index in [-0.39, 0.29) is 18.0 Å². The molecule has 16 heavy (non-hydrogen) atoms. The fraction of sp³-hybridized carbons (Fsp3) is 0.462. The molecule has 0 saturated carbocycles. The van der Waals surface area contributed by atoms with Gasteiger partial charge in [-0.3, -0.25) is 4.79 Å². The zero-order valence-electron chi connectivity index (χ0n) is 10.3. The van der Waals surface area contributed by atoms with Crippen molar-refractivity contribution in [2.45, 2.75) is 39.8 Å². The van der Waals surface area contributed by atoms with Crippen LogP contribution in [0, 0.1) is 0 Å². The van der Waals surface area contributed by atoms with Gasteiger partial charge < -0.3 is 4.90 Å². The molecule has 3 heteroatoms. The molecule has 0 fully saturated rings. The first-order valence-electron chi connectivity index (χ1n) is 5.55. The largest absolute Gasteiger partial charge is 0.334 e. The summed E-state index contributed by atoms with van der Waals surface area (Å²) in [5.74, 6) is 0.0798. The van der Waals surface area contributed by atoms with E-state index in [1.807, 2.05) is 55.5 Å². The normalized spacial score (nSPS) is 11.6. The lowest BCUT2D eigenvalue weighted by molar-refractivity contribution is -0.129. The SMILES string of the molecule is CC(C)N(C(=O)/C=C/c1ccsc1)C(C)C. The number of amides is 1. The summed E-state index contributed by atoms with van der Waals surface area (Å²) in [5.41, 5.74) is 1.09. The average molecular weight is 237 g/mol. The maximum Gasteiger partial charge on any atom is 0.247 e. The minimum atomic E-state index is 0.0798. The van der Waals surface area contributed by atoms with E-state index < -0.39 is 0 Å². The third-order valence-corrected chi connectivity index (χ3v) is 3.03. The van der Waals surface area contributed by atoms with E-state index >= 15 is 0 Å². The summed E-state index contributed by atoms with van der Waals surface area (Å²) >= 11 is 1.64. The van der Waals surface area contributed by atoms with Crippen molar-refractivity contribution in [1.29, 1.82) is 0 Å². The van der Waals surface area contributed by atoms with Gasteiger partial charge in [-0.25, -0.2) is 0 Å². The van der Waals surface area contributed by atoms with Crippen molar-refractivity contribution in [2.75, 3.05) is 0 Å². The molecule has 0 unspecified atom stereocenters. The fourth-order valence-electron chi connectivity index (χ4n) is 1.73. The van der Waals surface area contributed by atoms with Gasteiger partial charge in [0, 0.05) is 18.2 Å². The van der Waals surface area contributed by atoms with Gasteiger partial charge in [-0.15, -0.1) is 0 Å². The number of nitrogens with zero attached hydrogens (tertiary/aromatic N) is 1. The smallest absolute Gasteiger partial charge is 0.247 e. The first-order valence-corrected chi connectivity index (χ1v) is 6.49. The lowest BCUT2D eigenvalue weighted by atomic mass is 10.2. The van der Waals surface area contributed by atoms with Crippen LogP contribution in [0.3, 0.4) is 0 Å². The molecule has 2 nitrogen and oxygen atoms in total. The topological polar surface area (TPSA) is 20.3 Å². The Bertz CT molecular complexity index is 344. The molecular weight excluding hydrogens is 218 g/mol. The van der Waals surface area contributed by atoms with Gasteiger partial charge in [0.2, 0.25) is 5.91 Å². The Balaban J connectivity index is 2.70. The van der Waals surface area contributed by atoms with Crippen LogP contribution in [0.2, 0.25) is 0 Å². The second-order valence-corrected chi connectivity index (χ2v) is 5.10. The number of carbonyl (C=O) groups excluding carboxylic acids is 1. The fourth-order valence-corrected chi connectivity index (χ4v) is 2.36. The minimum absolute atomic E-state index is 0.0798. The maximum absolute atomic E-state index is 12.0. The molecule has 0 radical (unpaired) electrons. The van der Waals surface area contributed by atoms with Crippen LogP contribution in [0.5, 0.6) is 0 Å². The first kappa shape index (κ1) is 13.0. The molecule has 0 N–H and O–H groups in total.